The standard InChI is InChI=1S/C17H19BrN4O/c1-12-5-4-10-22(11-12)16(23)15-8-9-19-17(21-15)20-14-7-3-2-6-13(14)18/h2-3,6-9,12H,4-5,10-11H2,1H3,(H,19,20,21). The Kier molecular flexibility index (Phi) is 4.91. The Morgan fingerprint density at radius 2 is 2.17 bits per heavy atom. The molecule has 1 fully saturated rings. The van der Waals surface area contributed by atoms with Crippen molar-refractivity contribution >= 4 is 33.5 Å². The van der Waals surface area contributed by atoms with Gasteiger partial charge in [0.05, 0.1) is 5.69 Å². The largest absolute Gasteiger partial charge is 0.337 e. The molecule has 0 aliphatic carbocycles. The van der Waals surface area contributed by atoms with Crippen LogP contribution in [0.5, 0.6) is 0 Å². The van der Waals surface area contributed by atoms with Gasteiger partial charge in [0.15, 0.2) is 0 Å². The lowest BCUT2D eigenvalue weighted by Crippen LogP contribution is -2.39. The van der Waals surface area contributed by atoms with Crippen LogP contribution in [-0.4, -0.2) is 33.9 Å². The summed E-state index contributed by atoms with van der Waals surface area (Å²) in [6.07, 6.45) is 3.86. The molecule has 1 unspecified atom stereocenters. The summed E-state index contributed by atoms with van der Waals surface area (Å²) in [6.45, 7) is 3.79. The lowest BCUT2D eigenvalue weighted by molar-refractivity contribution is 0.0677. The van der Waals surface area contributed by atoms with Gasteiger partial charge in [-0.15, -0.1) is 0 Å². The number of hydrogen-bond acceptors (Lipinski definition) is 4. The third-order valence-corrected chi connectivity index (χ3v) is 4.63. The molecule has 2 aromatic rings. The number of rotatable bonds is 3. The fourth-order valence-electron chi connectivity index (χ4n) is 2.76. The van der Waals surface area contributed by atoms with Crippen molar-refractivity contribution in [3.63, 3.8) is 0 Å². The second-order valence-corrected chi connectivity index (χ2v) is 6.72. The smallest absolute Gasteiger partial charge is 0.272 e. The Morgan fingerprint density at radius 3 is 2.96 bits per heavy atom. The summed E-state index contributed by atoms with van der Waals surface area (Å²) in [7, 11) is 0. The van der Waals surface area contributed by atoms with Crippen molar-refractivity contribution in [1.29, 1.82) is 0 Å². The van der Waals surface area contributed by atoms with E-state index in [9.17, 15) is 4.79 Å². The van der Waals surface area contributed by atoms with E-state index in [-0.39, 0.29) is 5.91 Å². The number of piperidine rings is 1. The van der Waals surface area contributed by atoms with Crippen molar-refractivity contribution in [3.8, 4) is 0 Å². The first kappa shape index (κ1) is 15.9. The molecule has 2 heterocycles. The summed E-state index contributed by atoms with van der Waals surface area (Å²) in [5.74, 6) is 0.953. The van der Waals surface area contributed by atoms with Crippen molar-refractivity contribution in [2.75, 3.05) is 18.4 Å². The molecule has 1 amide bonds. The first-order valence-electron chi connectivity index (χ1n) is 7.77. The highest BCUT2D eigenvalue weighted by molar-refractivity contribution is 9.10. The molecule has 1 atom stereocenters. The highest BCUT2D eigenvalue weighted by Gasteiger charge is 2.23. The van der Waals surface area contributed by atoms with E-state index in [0.717, 1.165) is 29.7 Å². The Bertz CT molecular complexity index is 706. The van der Waals surface area contributed by atoms with Crippen LogP contribution < -0.4 is 5.32 Å². The van der Waals surface area contributed by atoms with Crippen LogP contribution >= 0.6 is 15.9 Å². The average Bonchev–Trinajstić information content (AvgIpc) is 2.56. The number of hydrogen-bond donors (Lipinski definition) is 1. The van der Waals surface area contributed by atoms with E-state index < -0.39 is 0 Å². The van der Waals surface area contributed by atoms with Crippen LogP contribution in [-0.2, 0) is 0 Å². The second kappa shape index (κ2) is 7.08. The summed E-state index contributed by atoms with van der Waals surface area (Å²) in [6, 6.07) is 9.40. The van der Waals surface area contributed by atoms with E-state index in [0.29, 0.717) is 17.6 Å². The molecule has 120 valence electrons. The third kappa shape index (κ3) is 3.88. The van der Waals surface area contributed by atoms with E-state index >= 15 is 0 Å². The molecule has 1 aromatic carbocycles. The molecular formula is C17H19BrN4O. The van der Waals surface area contributed by atoms with Crippen molar-refractivity contribution < 1.29 is 4.79 Å². The van der Waals surface area contributed by atoms with Gasteiger partial charge in [-0.3, -0.25) is 4.79 Å². The van der Waals surface area contributed by atoms with Gasteiger partial charge in [0.1, 0.15) is 5.69 Å². The number of carbonyl (C=O) groups excluding carboxylic acids is 1. The molecule has 1 aliphatic heterocycles. The number of benzene rings is 1. The van der Waals surface area contributed by atoms with E-state index in [4.69, 9.17) is 0 Å². The number of amides is 1. The number of nitrogens with zero attached hydrogens (tertiary/aromatic N) is 3. The third-order valence-electron chi connectivity index (χ3n) is 3.94. The second-order valence-electron chi connectivity index (χ2n) is 5.87. The summed E-state index contributed by atoms with van der Waals surface area (Å²) >= 11 is 3.48. The highest BCUT2D eigenvalue weighted by Crippen LogP contribution is 2.24. The summed E-state index contributed by atoms with van der Waals surface area (Å²) in [5, 5.41) is 3.14. The molecule has 5 nitrogen and oxygen atoms in total. The van der Waals surface area contributed by atoms with Crippen LogP contribution in [0.4, 0.5) is 11.6 Å². The molecular weight excluding hydrogens is 356 g/mol. The van der Waals surface area contributed by atoms with Gasteiger partial charge >= 0.3 is 0 Å². The van der Waals surface area contributed by atoms with Gasteiger partial charge < -0.3 is 10.2 Å². The normalized spacial score (nSPS) is 17.8. The van der Waals surface area contributed by atoms with Gasteiger partial charge in [-0.1, -0.05) is 19.1 Å². The van der Waals surface area contributed by atoms with Gasteiger partial charge in [0, 0.05) is 23.8 Å². The van der Waals surface area contributed by atoms with E-state index in [2.05, 4.69) is 38.1 Å². The number of anilines is 2. The van der Waals surface area contributed by atoms with Gasteiger partial charge in [-0.25, -0.2) is 9.97 Å². The molecule has 0 spiro atoms. The molecule has 1 saturated heterocycles. The maximum atomic E-state index is 12.6. The van der Waals surface area contributed by atoms with Crippen molar-refractivity contribution in [3.05, 3.63) is 46.7 Å². The Labute approximate surface area is 144 Å². The monoisotopic (exact) mass is 374 g/mol. The minimum absolute atomic E-state index is 0.0193. The van der Waals surface area contributed by atoms with Gasteiger partial charge in [0.25, 0.3) is 5.91 Å². The van der Waals surface area contributed by atoms with Crippen LogP contribution in [0, 0.1) is 5.92 Å². The quantitative estimate of drug-likeness (QED) is 0.885. The minimum atomic E-state index is -0.0193. The first-order chi connectivity index (χ1) is 11.1. The van der Waals surface area contributed by atoms with Crippen LogP contribution in [0.15, 0.2) is 41.0 Å². The Morgan fingerprint density at radius 1 is 1.35 bits per heavy atom. The SMILES string of the molecule is CC1CCCN(C(=O)c2ccnc(Nc3ccccc3Br)n2)C1. The van der Waals surface area contributed by atoms with E-state index in [1.165, 1.54) is 6.42 Å². The number of carbonyl (C=O) groups is 1. The lowest BCUT2D eigenvalue weighted by Gasteiger charge is -2.30. The van der Waals surface area contributed by atoms with Gasteiger partial charge in [-0.05, 0) is 52.9 Å². The zero-order valence-corrected chi connectivity index (χ0v) is 14.6. The number of halogens is 1. The maximum Gasteiger partial charge on any atom is 0.272 e. The first-order valence-corrected chi connectivity index (χ1v) is 8.56. The molecule has 3 rings (SSSR count). The molecule has 1 aliphatic rings. The average molecular weight is 375 g/mol. The maximum absolute atomic E-state index is 12.6. The predicted octanol–water partition coefficient (Wildman–Crippen LogP) is 3.85. The van der Waals surface area contributed by atoms with Crippen LogP contribution in [0.1, 0.15) is 30.3 Å². The fourth-order valence-corrected chi connectivity index (χ4v) is 3.14. The topological polar surface area (TPSA) is 58.1 Å². The number of nitrogens with one attached hydrogen (secondary N) is 1. The van der Waals surface area contributed by atoms with Crippen LogP contribution in [0.25, 0.3) is 0 Å². The number of para-hydroxylation sites is 1. The molecule has 23 heavy (non-hydrogen) atoms. The van der Waals surface area contributed by atoms with Crippen molar-refractivity contribution in [1.82, 2.24) is 14.9 Å². The Balaban J connectivity index is 1.77. The molecule has 0 saturated carbocycles. The zero-order chi connectivity index (χ0) is 16.2. The molecule has 1 aromatic heterocycles. The molecule has 0 radical (unpaired) electrons. The van der Waals surface area contributed by atoms with Gasteiger partial charge in [-0.2, -0.15) is 0 Å². The van der Waals surface area contributed by atoms with Crippen LogP contribution in [0.2, 0.25) is 0 Å². The van der Waals surface area contributed by atoms with E-state index in [1.807, 2.05) is 29.2 Å². The number of likely N-dealkylation sites (tertiary alicyclic amines) is 1. The minimum Gasteiger partial charge on any atom is -0.337 e. The number of aromatic nitrogens is 2. The molecule has 0 bridgehead atoms. The van der Waals surface area contributed by atoms with Crippen molar-refractivity contribution in [2.45, 2.75) is 19.8 Å². The highest BCUT2D eigenvalue weighted by atomic mass is 79.9. The Hall–Kier alpha value is -1.95. The fraction of sp³-hybridized carbons (Fsp3) is 0.353. The predicted molar refractivity (Wildman–Crippen MR) is 93.8 cm³/mol. The van der Waals surface area contributed by atoms with Gasteiger partial charge in [0.2, 0.25) is 5.95 Å². The summed E-state index contributed by atoms with van der Waals surface area (Å²) in [5.41, 5.74) is 1.30. The lowest BCUT2D eigenvalue weighted by atomic mass is 10.00. The molecule has 1 N–H and O–H groups in total. The zero-order valence-electron chi connectivity index (χ0n) is 13.0. The molecule has 6 heteroatoms. The van der Waals surface area contributed by atoms with Crippen LogP contribution in [0.3, 0.4) is 0 Å². The summed E-state index contributed by atoms with van der Waals surface area (Å²) in [4.78, 5) is 23.1. The van der Waals surface area contributed by atoms with E-state index in [1.54, 1.807) is 12.3 Å². The van der Waals surface area contributed by atoms with Crippen molar-refractivity contribution in [2.24, 2.45) is 5.92 Å². The summed E-state index contributed by atoms with van der Waals surface area (Å²) < 4.78 is 0.921.